The Kier molecular flexibility index (Phi) is 6.30. The van der Waals surface area contributed by atoms with Crippen molar-refractivity contribution in [1.29, 1.82) is 0 Å². The van der Waals surface area contributed by atoms with Gasteiger partial charge in [-0.15, -0.1) is 0 Å². The minimum Gasteiger partial charge on any atom is -0.334 e. The fourth-order valence-electron chi connectivity index (χ4n) is 2.35. The Bertz CT molecular complexity index is 1040. The number of amides is 2. The van der Waals surface area contributed by atoms with Gasteiger partial charge in [0.15, 0.2) is 0 Å². The standard InChI is InChI=1S/C18H18ClN5O3S/c19-17-4-2-1-3-14(17)12-23-28(26,27)16-7-5-15(6-8-16)24-18(25)20-9-13-10-21-22-11-13/h1-8,10-11,23H,9,12H2,(H,21,22)(H2,20,24,25). The summed E-state index contributed by atoms with van der Waals surface area (Å²) in [5.74, 6) is 0. The molecule has 2 aromatic carbocycles. The summed E-state index contributed by atoms with van der Waals surface area (Å²) in [5, 5.41) is 12.2. The molecule has 0 aliphatic heterocycles. The Morgan fingerprint density at radius 2 is 1.82 bits per heavy atom. The molecule has 10 heteroatoms. The van der Waals surface area contributed by atoms with E-state index in [1.165, 1.54) is 24.3 Å². The molecule has 146 valence electrons. The molecule has 0 aliphatic rings. The van der Waals surface area contributed by atoms with Crippen molar-refractivity contribution in [3.8, 4) is 0 Å². The van der Waals surface area contributed by atoms with Gasteiger partial charge in [-0.1, -0.05) is 29.8 Å². The highest BCUT2D eigenvalue weighted by atomic mass is 35.5. The number of nitrogens with one attached hydrogen (secondary N) is 4. The Morgan fingerprint density at radius 1 is 1.07 bits per heavy atom. The first-order chi connectivity index (χ1) is 13.4. The van der Waals surface area contributed by atoms with E-state index in [-0.39, 0.29) is 11.4 Å². The highest BCUT2D eigenvalue weighted by molar-refractivity contribution is 7.89. The fraction of sp³-hybridized carbons (Fsp3) is 0.111. The number of sulfonamides is 1. The molecule has 4 N–H and O–H groups in total. The van der Waals surface area contributed by atoms with Gasteiger partial charge < -0.3 is 10.6 Å². The lowest BCUT2D eigenvalue weighted by Crippen LogP contribution is -2.28. The molecule has 1 aromatic heterocycles. The van der Waals surface area contributed by atoms with Crippen LogP contribution in [0.3, 0.4) is 0 Å². The Morgan fingerprint density at radius 3 is 2.50 bits per heavy atom. The number of nitrogens with zero attached hydrogens (tertiary/aromatic N) is 1. The van der Waals surface area contributed by atoms with Gasteiger partial charge in [0, 0.05) is 35.6 Å². The van der Waals surface area contributed by atoms with E-state index < -0.39 is 16.1 Å². The van der Waals surface area contributed by atoms with Gasteiger partial charge >= 0.3 is 6.03 Å². The molecule has 3 rings (SSSR count). The Hall–Kier alpha value is -2.88. The number of urea groups is 1. The molecule has 8 nitrogen and oxygen atoms in total. The highest BCUT2D eigenvalue weighted by Gasteiger charge is 2.14. The van der Waals surface area contributed by atoms with Crippen LogP contribution >= 0.6 is 11.6 Å². The number of hydrogen-bond donors (Lipinski definition) is 4. The number of anilines is 1. The van der Waals surface area contributed by atoms with Crippen LogP contribution in [0.4, 0.5) is 10.5 Å². The molecule has 1 heterocycles. The van der Waals surface area contributed by atoms with Crippen molar-refractivity contribution in [3.05, 3.63) is 77.1 Å². The minimum atomic E-state index is -3.71. The van der Waals surface area contributed by atoms with E-state index in [1.807, 2.05) is 0 Å². The topological polar surface area (TPSA) is 116 Å². The third-order valence-electron chi connectivity index (χ3n) is 3.84. The quantitative estimate of drug-likeness (QED) is 0.471. The van der Waals surface area contributed by atoms with Crippen LogP contribution in [0.1, 0.15) is 11.1 Å². The minimum absolute atomic E-state index is 0.0818. The van der Waals surface area contributed by atoms with E-state index in [9.17, 15) is 13.2 Å². The first-order valence-electron chi connectivity index (χ1n) is 8.30. The molecule has 0 saturated heterocycles. The van der Waals surface area contributed by atoms with Gasteiger partial charge in [-0.05, 0) is 35.9 Å². The maximum Gasteiger partial charge on any atom is 0.319 e. The zero-order valence-electron chi connectivity index (χ0n) is 14.6. The lowest BCUT2D eigenvalue weighted by Gasteiger charge is -2.10. The van der Waals surface area contributed by atoms with E-state index in [1.54, 1.807) is 36.7 Å². The van der Waals surface area contributed by atoms with Crippen LogP contribution < -0.4 is 15.4 Å². The highest BCUT2D eigenvalue weighted by Crippen LogP contribution is 2.17. The Balaban J connectivity index is 1.56. The van der Waals surface area contributed by atoms with Gasteiger partial charge in [-0.3, -0.25) is 5.10 Å². The number of H-pyrrole nitrogens is 1. The number of carbonyl (C=O) groups is 1. The maximum atomic E-state index is 12.4. The summed E-state index contributed by atoms with van der Waals surface area (Å²) in [7, 11) is -3.71. The second-order valence-electron chi connectivity index (χ2n) is 5.85. The van der Waals surface area contributed by atoms with Crippen molar-refractivity contribution in [2.24, 2.45) is 0 Å². The third kappa shape index (κ3) is 5.32. The molecule has 0 aliphatic carbocycles. The van der Waals surface area contributed by atoms with Crippen LogP contribution in [0.25, 0.3) is 0 Å². The molecular weight excluding hydrogens is 402 g/mol. The summed E-state index contributed by atoms with van der Waals surface area (Å²) in [6, 6.07) is 12.5. The number of benzene rings is 2. The van der Waals surface area contributed by atoms with Crippen LogP contribution in [0.5, 0.6) is 0 Å². The average molecular weight is 420 g/mol. The lowest BCUT2D eigenvalue weighted by atomic mass is 10.2. The van der Waals surface area contributed by atoms with Crippen LogP contribution in [-0.2, 0) is 23.1 Å². The van der Waals surface area contributed by atoms with Crippen molar-refractivity contribution < 1.29 is 13.2 Å². The van der Waals surface area contributed by atoms with Crippen molar-refractivity contribution in [2.45, 2.75) is 18.0 Å². The fourth-order valence-corrected chi connectivity index (χ4v) is 3.56. The molecule has 0 bridgehead atoms. The number of halogens is 1. The van der Waals surface area contributed by atoms with Gasteiger partial charge in [-0.25, -0.2) is 17.9 Å². The molecule has 0 unspecified atom stereocenters. The summed E-state index contributed by atoms with van der Waals surface area (Å²) in [4.78, 5) is 12.0. The SMILES string of the molecule is O=C(NCc1cn[nH]c1)Nc1ccc(S(=O)(=O)NCc2ccccc2Cl)cc1. The molecule has 3 aromatic rings. The van der Waals surface area contributed by atoms with Crippen molar-refractivity contribution in [2.75, 3.05) is 5.32 Å². The van der Waals surface area contributed by atoms with Crippen molar-refractivity contribution in [3.63, 3.8) is 0 Å². The number of carbonyl (C=O) groups excluding carboxylic acids is 1. The van der Waals surface area contributed by atoms with E-state index in [4.69, 9.17) is 11.6 Å². The molecule has 0 saturated carbocycles. The van der Waals surface area contributed by atoms with E-state index >= 15 is 0 Å². The summed E-state index contributed by atoms with van der Waals surface area (Å²) < 4.78 is 27.4. The van der Waals surface area contributed by atoms with Crippen molar-refractivity contribution >= 4 is 33.3 Å². The molecule has 0 atom stereocenters. The second kappa shape index (κ2) is 8.87. The number of aromatic nitrogens is 2. The van der Waals surface area contributed by atoms with E-state index in [0.717, 1.165) is 5.56 Å². The summed E-state index contributed by atoms with van der Waals surface area (Å²) in [5.41, 5.74) is 1.98. The monoisotopic (exact) mass is 419 g/mol. The van der Waals surface area contributed by atoms with Crippen LogP contribution in [0.15, 0.2) is 65.8 Å². The number of hydrogen-bond acceptors (Lipinski definition) is 4. The lowest BCUT2D eigenvalue weighted by molar-refractivity contribution is 0.251. The zero-order valence-corrected chi connectivity index (χ0v) is 16.2. The first-order valence-corrected chi connectivity index (χ1v) is 10.2. The molecule has 28 heavy (non-hydrogen) atoms. The zero-order chi connectivity index (χ0) is 20.0. The molecule has 0 fully saturated rings. The van der Waals surface area contributed by atoms with Gasteiger partial charge in [0.05, 0.1) is 11.1 Å². The van der Waals surface area contributed by atoms with Crippen LogP contribution in [-0.4, -0.2) is 24.6 Å². The smallest absolute Gasteiger partial charge is 0.319 e. The maximum absolute atomic E-state index is 12.4. The predicted octanol–water partition coefficient (Wildman–Crippen LogP) is 2.86. The van der Waals surface area contributed by atoms with Crippen LogP contribution in [0.2, 0.25) is 5.02 Å². The van der Waals surface area contributed by atoms with Gasteiger partial charge in [0.2, 0.25) is 10.0 Å². The van der Waals surface area contributed by atoms with Crippen molar-refractivity contribution in [1.82, 2.24) is 20.2 Å². The largest absolute Gasteiger partial charge is 0.334 e. The Labute approximate surface area is 167 Å². The number of rotatable bonds is 7. The third-order valence-corrected chi connectivity index (χ3v) is 5.63. The van der Waals surface area contributed by atoms with E-state index in [0.29, 0.717) is 22.8 Å². The molecule has 2 amide bonds. The second-order valence-corrected chi connectivity index (χ2v) is 8.03. The predicted molar refractivity (Wildman–Crippen MR) is 106 cm³/mol. The van der Waals surface area contributed by atoms with Crippen LogP contribution in [0, 0.1) is 0 Å². The summed E-state index contributed by atoms with van der Waals surface area (Å²) >= 11 is 6.04. The summed E-state index contributed by atoms with van der Waals surface area (Å²) in [6.07, 6.45) is 3.28. The van der Waals surface area contributed by atoms with Gasteiger partial charge in [0.25, 0.3) is 0 Å². The molecule has 0 radical (unpaired) electrons. The average Bonchev–Trinajstić information content (AvgIpc) is 3.20. The van der Waals surface area contributed by atoms with E-state index in [2.05, 4.69) is 25.6 Å². The molecule has 0 spiro atoms. The summed E-state index contributed by atoms with van der Waals surface area (Å²) in [6.45, 7) is 0.402. The van der Waals surface area contributed by atoms with Gasteiger partial charge in [0.1, 0.15) is 0 Å². The van der Waals surface area contributed by atoms with Gasteiger partial charge in [-0.2, -0.15) is 5.10 Å². The normalized spacial score (nSPS) is 11.2. The molecular formula is C18H18ClN5O3S. The number of aromatic amines is 1. The first kappa shape index (κ1) is 19.9.